The van der Waals surface area contributed by atoms with Gasteiger partial charge in [0.1, 0.15) is 9.75 Å². The molecule has 1 heterocycles. The molecule has 2 aromatic carbocycles. The number of carbonyl (C=O) groups is 1. The molecule has 0 amide bonds. The minimum absolute atomic E-state index is 0.102. The first-order valence-corrected chi connectivity index (χ1v) is 12.2. The van der Waals surface area contributed by atoms with E-state index < -0.39 is 21.5 Å². The van der Waals surface area contributed by atoms with E-state index >= 15 is 0 Å². The third kappa shape index (κ3) is 3.00. The summed E-state index contributed by atoms with van der Waals surface area (Å²) in [4.78, 5) is 13.1. The standard InChI is InChI=1S/C22H18ClNO4S2/c23-15-8-5-14(6-9-15)18-11-12-19(29-18)30(27,28)24-22(21(25)26)17-10-7-13-3-1-2-4-16(13)20(17)22/h1-6,8-9,11-12,17,20,24H,7,10H2,(H,25,26)/t17-,20+,22+/m0/s1. The molecule has 0 unspecified atom stereocenters. The number of thiophene rings is 1. The molecule has 0 saturated heterocycles. The highest BCUT2D eigenvalue weighted by atomic mass is 35.5. The van der Waals surface area contributed by atoms with Crippen LogP contribution in [0.5, 0.6) is 0 Å². The van der Waals surface area contributed by atoms with Crippen molar-refractivity contribution in [3.63, 3.8) is 0 Å². The molecule has 0 bridgehead atoms. The first kappa shape index (κ1) is 19.8. The smallest absolute Gasteiger partial charge is 0.325 e. The highest BCUT2D eigenvalue weighted by Crippen LogP contribution is 2.63. The molecule has 3 aromatic rings. The lowest BCUT2D eigenvalue weighted by Gasteiger charge is -2.15. The molecule has 0 radical (unpaired) electrons. The first-order valence-electron chi connectivity index (χ1n) is 9.54. The van der Waals surface area contributed by atoms with Gasteiger partial charge in [-0.3, -0.25) is 4.79 Å². The van der Waals surface area contributed by atoms with Gasteiger partial charge in [0, 0.05) is 15.8 Å². The molecule has 1 fully saturated rings. The molecule has 3 atom stereocenters. The Morgan fingerprint density at radius 1 is 1.10 bits per heavy atom. The van der Waals surface area contributed by atoms with Crippen LogP contribution in [-0.4, -0.2) is 25.0 Å². The molecule has 0 aliphatic heterocycles. The van der Waals surface area contributed by atoms with E-state index in [1.54, 1.807) is 18.2 Å². The Morgan fingerprint density at radius 3 is 2.57 bits per heavy atom. The maximum Gasteiger partial charge on any atom is 0.325 e. The lowest BCUT2D eigenvalue weighted by molar-refractivity contribution is -0.140. The number of hydrogen-bond acceptors (Lipinski definition) is 4. The Bertz CT molecular complexity index is 1250. The van der Waals surface area contributed by atoms with Crippen molar-refractivity contribution in [1.82, 2.24) is 4.72 Å². The minimum atomic E-state index is -3.99. The maximum absolute atomic E-state index is 13.2. The first-order chi connectivity index (χ1) is 14.3. The second-order valence-electron chi connectivity index (χ2n) is 7.73. The summed E-state index contributed by atoms with van der Waals surface area (Å²) in [6.07, 6.45) is 1.41. The van der Waals surface area contributed by atoms with Crippen molar-refractivity contribution in [1.29, 1.82) is 0 Å². The molecular weight excluding hydrogens is 442 g/mol. The molecule has 2 aliphatic carbocycles. The zero-order valence-corrected chi connectivity index (χ0v) is 18.1. The molecule has 0 spiro atoms. The van der Waals surface area contributed by atoms with E-state index in [0.717, 1.165) is 39.3 Å². The van der Waals surface area contributed by atoms with Crippen LogP contribution in [0.15, 0.2) is 64.9 Å². The number of nitrogens with one attached hydrogen (secondary N) is 1. The molecule has 5 nitrogen and oxygen atoms in total. The van der Waals surface area contributed by atoms with E-state index in [4.69, 9.17) is 11.6 Å². The Hall–Kier alpha value is -2.19. The Kier molecular flexibility index (Phi) is 4.56. The van der Waals surface area contributed by atoms with Gasteiger partial charge in [-0.1, -0.05) is 48.0 Å². The van der Waals surface area contributed by atoms with E-state index in [0.29, 0.717) is 11.4 Å². The fourth-order valence-electron chi connectivity index (χ4n) is 4.67. The second kappa shape index (κ2) is 6.92. The van der Waals surface area contributed by atoms with Crippen LogP contribution in [0, 0.1) is 5.92 Å². The van der Waals surface area contributed by atoms with Crippen LogP contribution in [0.2, 0.25) is 5.02 Å². The average molecular weight is 460 g/mol. The van der Waals surface area contributed by atoms with Gasteiger partial charge in [-0.2, -0.15) is 4.72 Å². The third-order valence-corrected chi connectivity index (χ3v) is 9.48. The van der Waals surface area contributed by atoms with Crippen LogP contribution in [0.3, 0.4) is 0 Å². The number of fused-ring (bicyclic) bond motifs is 3. The van der Waals surface area contributed by atoms with Crippen LogP contribution < -0.4 is 4.72 Å². The fraction of sp³-hybridized carbons (Fsp3) is 0.227. The summed E-state index contributed by atoms with van der Waals surface area (Å²) < 4.78 is 29.0. The number of rotatable bonds is 5. The number of hydrogen-bond donors (Lipinski definition) is 2. The Labute approximate surface area is 183 Å². The normalized spacial score (nSPS) is 24.7. The molecular formula is C22H18ClNO4S2. The van der Waals surface area contributed by atoms with Crippen LogP contribution in [0.4, 0.5) is 0 Å². The van der Waals surface area contributed by atoms with Gasteiger partial charge >= 0.3 is 5.97 Å². The third-order valence-electron chi connectivity index (χ3n) is 6.12. The van der Waals surface area contributed by atoms with Gasteiger partial charge in [0.2, 0.25) is 0 Å². The number of halogens is 1. The monoisotopic (exact) mass is 459 g/mol. The van der Waals surface area contributed by atoms with Gasteiger partial charge in [-0.05, 0) is 59.7 Å². The van der Waals surface area contributed by atoms with Crippen molar-refractivity contribution in [2.75, 3.05) is 0 Å². The van der Waals surface area contributed by atoms with Crippen LogP contribution in [0.25, 0.3) is 10.4 Å². The van der Waals surface area contributed by atoms with E-state index in [2.05, 4.69) is 4.72 Å². The van der Waals surface area contributed by atoms with Crippen LogP contribution in [0.1, 0.15) is 23.5 Å². The minimum Gasteiger partial charge on any atom is -0.480 e. The molecule has 5 rings (SSSR count). The molecule has 2 aliphatic rings. The number of benzene rings is 2. The lowest BCUT2D eigenvalue weighted by atomic mass is 9.92. The summed E-state index contributed by atoms with van der Waals surface area (Å²) in [6, 6.07) is 18.1. The molecule has 30 heavy (non-hydrogen) atoms. The number of carboxylic acid groups (broad SMARTS) is 1. The van der Waals surface area contributed by atoms with Crippen LogP contribution in [-0.2, 0) is 21.2 Å². The summed E-state index contributed by atoms with van der Waals surface area (Å²) in [5.41, 5.74) is 1.40. The van der Waals surface area contributed by atoms with Crippen molar-refractivity contribution >= 4 is 38.9 Å². The number of carboxylic acids is 1. The summed E-state index contributed by atoms with van der Waals surface area (Å²) in [7, 11) is -3.99. The van der Waals surface area contributed by atoms with Crippen molar-refractivity contribution in [2.45, 2.75) is 28.5 Å². The molecule has 154 valence electrons. The van der Waals surface area contributed by atoms with E-state index in [9.17, 15) is 18.3 Å². The lowest BCUT2D eigenvalue weighted by Crippen LogP contribution is -2.45. The van der Waals surface area contributed by atoms with Gasteiger partial charge < -0.3 is 5.11 Å². The van der Waals surface area contributed by atoms with Crippen LogP contribution >= 0.6 is 22.9 Å². The fourth-order valence-corrected chi connectivity index (χ4v) is 7.53. The molecule has 1 aromatic heterocycles. The number of sulfonamides is 1. The van der Waals surface area contributed by atoms with E-state index in [-0.39, 0.29) is 16.0 Å². The summed E-state index contributed by atoms with van der Waals surface area (Å²) in [6.45, 7) is 0. The van der Waals surface area contributed by atoms with Gasteiger partial charge in [-0.15, -0.1) is 11.3 Å². The summed E-state index contributed by atoms with van der Waals surface area (Å²) >= 11 is 7.04. The second-order valence-corrected chi connectivity index (χ2v) is 11.2. The zero-order valence-electron chi connectivity index (χ0n) is 15.7. The number of aryl methyl sites for hydroxylation is 1. The molecule has 8 heteroatoms. The van der Waals surface area contributed by atoms with Crippen molar-refractivity contribution < 1.29 is 18.3 Å². The predicted molar refractivity (Wildman–Crippen MR) is 116 cm³/mol. The van der Waals surface area contributed by atoms with Crippen molar-refractivity contribution in [2.24, 2.45) is 5.92 Å². The molecule has 2 N–H and O–H groups in total. The Balaban J connectivity index is 1.47. The van der Waals surface area contributed by atoms with Gasteiger partial charge in [0.25, 0.3) is 10.0 Å². The largest absolute Gasteiger partial charge is 0.480 e. The topological polar surface area (TPSA) is 83.5 Å². The van der Waals surface area contributed by atoms with Crippen molar-refractivity contribution in [3.05, 3.63) is 76.8 Å². The van der Waals surface area contributed by atoms with Crippen molar-refractivity contribution in [3.8, 4) is 10.4 Å². The quantitative estimate of drug-likeness (QED) is 0.587. The highest BCUT2D eigenvalue weighted by Gasteiger charge is 2.73. The van der Waals surface area contributed by atoms with E-state index in [1.807, 2.05) is 36.4 Å². The zero-order chi connectivity index (χ0) is 21.1. The number of aliphatic carboxylic acids is 1. The van der Waals surface area contributed by atoms with Gasteiger partial charge in [-0.25, -0.2) is 8.42 Å². The Morgan fingerprint density at radius 2 is 1.83 bits per heavy atom. The average Bonchev–Trinajstić information content (AvgIpc) is 3.11. The SMILES string of the molecule is O=C(O)[C@]1(NS(=O)(=O)c2ccc(-c3ccc(Cl)cc3)s2)[C@@H]2c3ccccc3CC[C@@H]21. The predicted octanol–water partition coefficient (Wildman–Crippen LogP) is 4.53. The highest BCUT2D eigenvalue weighted by molar-refractivity contribution is 7.91. The molecule has 1 saturated carbocycles. The summed E-state index contributed by atoms with van der Waals surface area (Å²) in [5, 5.41) is 10.6. The van der Waals surface area contributed by atoms with Gasteiger partial charge in [0.05, 0.1) is 0 Å². The van der Waals surface area contributed by atoms with Gasteiger partial charge in [0.15, 0.2) is 0 Å². The van der Waals surface area contributed by atoms with E-state index in [1.165, 1.54) is 6.07 Å². The summed E-state index contributed by atoms with van der Waals surface area (Å²) in [5.74, 6) is -1.70. The maximum atomic E-state index is 13.2.